The molecule has 7 atom stereocenters. The molecule has 2 aliphatic rings. The molecule has 1 amide bonds. The molecule has 0 saturated carbocycles. The van der Waals surface area contributed by atoms with Crippen molar-refractivity contribution in [1.82, 2.24) is 0 Å². The molecule has 2 saturated heterocycles. The summed E-state index contributed by atoms with van der Waals surface area (Å²) in [5.41, 5.74) is 4.80. The van der Waals surface area contributed by atoms with E-state index in [9.17, 15) is 19.4 Å². The Balaban J connectivity index is 0.000000478. The van der Waals surface area contributed by atoms with Gasteiger partial charge in [0.1, 0.15) is 37.2 Å². The van der Waals surface area contributed by atoms with Gasteiger partial charge in [0.2, 0.25) is 0 Å². The molecule has 0 aromatic carbocycles. The maximum Gasteiger partial charge on any atom is 0.404 e. The quantitative estimate of drug-likeness (QED) is 0.234. The number of carbonyl (C=O) groups is 1. The lowest BCUT2D eigenvalue weighted by atomic mass is 10.0. The Kier molecular flexibility index (Phi) is 14.2. The van der Waals surface area contributed by atoms with Gasteiger partial charge in [-0.3, -0.25) is 0 Å². The van der Waals surface area contributed by atoms with E-state index >= 15 is 0 Å². The van der Waals surface area contributed by atoms with E-state index < -0.39 is 55.7 Å². The van der Waals surface area contributed by atoms with E-state index in [0.29, 0.717) is 0 Å². The number of hydrogen-bond donors (Lipinski definition) is 7. The van der Waals surface area contributed by atoms with E-state index in [1.54, 1.807) is 0 Å². The van der Waals surface area contributed by atoms with Gasteiger partial charge in [-0.05, 0) is 0 Å². The topological polar surface area (TPSA) is 201 Å². The highest BCUT2D eigenvalue weighted by Crippen LogP contribution is 2.17. The summed E-state index contributed by atoms with van der Waals surface area (Å²) < 4.78 is 30.9. The highest BCUT2D eigenvalue weighted by Gasteiger charge is 2.38. The minimum Gasteiger partial charge on any atom is -0.443 e. The standard InChI is InChI=1S/C7H13FO5.C7H13NO5.CH4O/c8-1-2-12-7-6(11)5(10)4(9)3-13-7;8-7(11)13-6-1-4(2-9)12-3-5(6)10;1-2/h4-7,9-11H,1-3H2;4-6,9-10H,1-3H2,(H2,8,11);2H,1H3/t4-,5?,6?,7+;;/m1../s1. The van der Waals surface area contributed by atoms with E-state index in [4.69, 9.17) is 40.4 Å². The zero-order valence-electron chi connectivity index (χ0n) is 15.5. The molecule has 0 aromatic rings. The highest BCUT2D eigenvalue weighted by molar-refractivity contribution is 5.64. The van der Waals surface area contributed by atoms with Crippen LogP contribution in [0.1, 0.15) is 6.42 Å². The van der Waals surface area contributed by atoms with Crippen LogP contribution in [0.2, 0.25) is 0 Å². The fraction of sp³-hybridized carbons (Fsp3) is 0.933. The molecule has 2 fully saturated rings. The largest absolute Gasteiger partial charge is 0.443 e. The number of amides is 1. The summed E-state index contributed by atoms with van der Waals surface area (Å²) in [6.07, 6.45) is -7.43. The molecule has 2 aliphatic heterocycles. The molecule has 0 spiro atoms. The molecule has 2 rings (SSSR count). The van der Waals surface area contributed by atoms with Gasteiger partial charge in [-0.25, -0.2) is 9.18 Å². The molecule has 12 nitrogen and oxygen atoms in total. The summed E-state index contributed by atoms with van der Waals surface area (Å²) >= 11 is 0. The molecule has 168 valence electrons. The van der Waals surface area contributed by atoms with Crippen molar-refractivity contribution in [1.29, 1.82) is 0 Å². The van der Waals surface area contributed by atoms with Crippen molar-refractivity contribution < 1.29 is 58.8 Å². The Labute approximate surface area is 161 Å². The maximum absolute atomic E-state index is 11.7. The number of ether oxygens (including phenoxy) is 4. The van der Waals surface area contributed by atoms with Gasteiger partial charge < -0.3 is 55.3 Å². The predicted molar refractivity (Wildman–Crippen MR) is 89.7 cm³/mol. The van der Waals surface area contributed by atoms with Crippen molar-refractivity contribution >= 4 is 6.09 Å². The lowest BCUT2D eigenvalue weighted by Gasteiger charge is -2.34. The number of aliphatic hydroxyl groups is 6. The van der Waals surface area contributed by atoms with Crippen LogP contribution in [0, 0.1) is 0 Å². The van der Waals surface area contributed by atoms with E-state index in [1.807, 2.05) is 0 Å². The van der Waals surface area contributed by atoms with Crippen LogP contribution in [0.15, 0.2) is 0 Å². The van der Waals surface area contributed by atoms with Crippen molar-refractivity contribution in [3.05, 3.63) is 0 Å². The van der Waals surface area contributed by atoms with Gasteiger partial charge >= 0.3 is 6.09 Å². The molecule has 28 heavy (non-hydrogen) atoms. The maximum atomic E-state index is 11.7. The van der Waals surface area contributed by atoms with Gasteiger partial charge in [-0.2, -0.15) is 0 Å². The number of rotatable bonds is 5. The molecule has 0 aliphatic carbocycles. The fourth-order valence-electron chi connectivity index (χ4n) is 2.32. The number of primary amides is 1. The molecule has 0 bridgehead atoms. The number of carbonyl (C=O) groups excluding carboxylic acids is 1. The third kappa shape index (κ3) is 9.36. The first kappa shape index (κ1) is 26.8. The van der Waals surface area contributed by atoms with Gasteiger partial charge in [0, 0.05) is 13.5 Å². The van der Waals surface area contributed by atoms with Crippen molar-refractivity contribution in [3.63, 3.8) is 0 Å². The molecule has 0 aromatic heterocycles. The Hall–Kier alpha value is -1.16. The van der Waals surface area contributed by atoms with Gasteiger partial charge in [0.05, 0.1) is 32.5 Å². The Morgan fingerprint density at radius 1 is 1.11 bits per heavy atom. The van der Waals surface area contributed by atoms with Crippen LogP contribution in [0.4, 0.5) is 9.18 Å². The molecule has 5 unspecified atom stereocenters. The molecular formula is C15H30FNO11. The SMILES string of the molecule is CO.NC(=O)OC1CC(CO)OCC1O.OC1C(O)[C@H](O)CO[C@@H]1OCCF. The Morgan fingerprint density at radius 3 is 2.25 bits per heavy atom. The summed E-state index contributed by atoms with van der Waals surface area (Å²) in [6.45, 7) is -1.14. The molecule has 0 radical (unpaired) electrons. The van der Waals surface area contributed by atoms with Crippen molar-refractivity contribution in [2.75, 3.05) is 40.2 Å². The van der Waals surface area contributed by atoms with E-state index in [-0.39, 0.29) is 32.8 Å². The van der Waals surface area contributed by atoms with Gasteiger partial charge in [-0.15, -0.1) is 0 Å². The molecule has 8 N–H and O–H groups in total. The molecule has 2 heterocycles. The van der Waals surface area contributed by atoms with E-state index in [1.165, 1.54) is 0 Å². The van der Waals surface area contributed by atoms with Crippen LogP contribution in [0.25, 0.3) is 0 Å². The van der Waals surface area contributed by atoms with E-state index in [0.717, 1.165) is 7.11 Å². The van der Waals surface area contributed by atoms with Gasteiger partial charge in [0.15, 0.2) is 6.29 Å². The number of nitrogens with two attached hydrogens (primary N) is 1. The second kappa shape index (κ2) is 14.8. The lowest BCUT2D eigenvalue weighted by Crippen LogP contribution is -2.53. The van der Waals surface area contributed by atoms with Crippen LogP contribution in [-0.4, -0.2) is 120 Å². The number of halogens is 1. The Bertz CT molecular complexity index is 417. The van der Waals surface area contributed by atoms with E-state index in [2.05, 4.69) is 4.74 Å². The first-order chi connectivity index (χ1) is 13.3. The zero-order valence-corrected chi connectivity index (χ0v) is 15.5. The first-order valence-electron chi connectivity index (χ1n) is 8.44. The second-order valence-corrected chi connectivity index (χ2v) is 5.73. The smallest absolute Gasteiger partial charge is 0.404 e. The third-order valence-corrected chi connectivity index (χ3v) is 3.71. The summed E-state index contributed by atoms with van der Waals surface area (Å²) in [4.78, 5) is 10.4. The third-order valence-electron chi connectivity index (χ3n) is 3.71. The van der Waals surface area contributed by atoms with Crippen LogP contribution in [0.3, 0.4) is 0 Å². The van der Waals surface area contributed by atoms with Crippen LogP contribution < -0.4 is 5.73 Å². The summed E-state index contributed by atoms with van der Waals surface area (Å²) in [7, 11) is 1.00. The Morgan fingerprint density at radius 2 is 1.71 bits per heavy atom. The van der Waals surface area contributed by atoms with Crippen molar-refractivity contribution in [2.24, 2.45) is 5.73 Å². The number of hydrogen-bond acceptors (Lipinski definition) is 11. The fourth-order valence-corrected chi connectivity index (χ4v) is 2.32. The molecule has 13 heteroatoms. The van der Waals surface area contributed by atoms with Crippen LogP contribution in [0.5, 0.6) is 0 Å². The minimum absolute atomic E-state index is 0.0448. The lowest BCUT2D eigenvalue weighted by molar-refractivity contribution is -0.270. The van der Waals surface area contributed by atoms with Crippen LogP contribution >= 0.6 is 0 Å². The summed E-state index contributed by atoms with van der Waals surface area (Å²) in [5.74, 6) is 0. The summed E-state index contributed by atoms with van der Waals surface area (Å²) in [6, 6.07) is 0. The van der Waals surface area contributed by atoms with Crippen LogP contribution in [-0.2, 0) is 18.9 Å². The summed E-state index contributed by atoms with van der Waals surface area (Å²) in [5, 5.41) is 52.5. The highest BCUT2D eigenvalue weighted by atomic mass is 19.1. The molecular weight excluding hydrogens is 389 g/mol. The average molecular weight is 419 g/mol. The zero-order chi connectivity index (χ0) is 21.7. The number of alkyl halides is 1. The van der Waals surface area contributed by atoms with Crippen molar-refractivity contribution in [3.8, 4) is 0 Å². The van der Waals surface area contributed by atoms with Gasteiger partial charge in [-0.1, -0.05) is 0 Å². The average Bonchev–Trinajstić information content (AvgIpc) is 2.69. The first-order valence-corrected chi connectivity index (χ1v) is 8.44. The predicted octanol–water partition coefficient (Wildman–Crippen LogP) is -3.39. The van der Waals surface area contributed by atoms with Crippen molar-refractivity contribution in [2.45, 2.75) is 49.3 Å². The number of aliphatic hydroxyl groups excluding tert-OH is 6. The second-order valence-electron chi connectivity index (χ2n) is 5.73. The monoisotopic (exact) mass is 419 g/mol. The van der Waals surface area contributed by atoms with Gasteiger partial charge in [0.25, 0.3) is 0 Å². The normalized spacial score (nSPS) is 34.9. The minimum atomic E-state index is -1.34.